The zero-order valence-corrected chi connectivity index (χ0v) is 8.93. The van der Waals surface area contributed by atoms with Crippen LogP contribution in [0, 0.1) is 0 Å². The van der Waals surface area contributed by atoms with Crippen LogP contribution in [-0.2, 0) is 0 Å². The second kappa shape index (κ2) is 4.70. The number of carbonyl (C=O) groups excluding carboxylic acids is 1. The molecule has 5 nitrogen and oxygen atoms in total. The molecular formula is C9H11N3O2S. The highest BCUT2D eigenvalue weighted by molar-refractivity contribution is 7.80. The Labute approximate surface area is 91.7 Å². The van der Waals surface area contributed by atoms with Gasteiger partial charge in [0.2, 0.25) is 0 Å². The number of thiocarbonyl (C=S) groups is 1. The summed E-state index contributed by atoms with van der Waals surface area (Å²) in [6.45, 7) is 1.65. The van der Waals surface area contributed by atoms with Gasteiger partial charge in [-0.25, -0.2) is 0 Å². The van der Waals surface area contributed by atoms with Crippen molar-refractivity contribution < 1.29 is 4.79 Å². The molecule has 0 aliphatic carbocycles. The number of aromatic nitrogens is 1. The fraction of sp³-hybridized carbons (Fsp3) is 0.222. The van der Waals surface area contributed by atoms with Gasteiger partial charge < -0.3 is 16.0 Å². The molecular weight excluding hydrogens is 214 g/mol. The molecule has 15 heavy (non-hydrogen) atoms. The van der Waals surface area contributed by atoms with Gasteiger partial charge in [-0.3, -0.25) is 9.59 Å². The summed E-state index contributed by atoms with van der Waals surface area (Å²) in [6, 6.07) is 0.840. The molecule has 1 atom stereocenters. The maximum absolute atomic E-state index is 11.5. The van der Waals surface area contributed by atoms with E-state index in [-0.39, 0.29) is 16.0 Å². The first-order valence-electron chi connectivity index (χ1n) is 4.29. The number of carbonyl (C=O) groups is 1. The first kappa shape index (κ1) is 11.4. The number of amides is 1. The fourth-order valence-electron chi connectivity index (χ4n) is 0.939. The summed E-state index contributed by atoms with van der Waals surface area (Å²) in [5, 5.41) is 2.51. The SMILES string of the molecule is CC(NC(=O)c1c[nH]ccc1=O)C(N)=S. The Morgan fingerprint density at radius 1 is 1.67 bits per heavy atom. The van der Waals surface area contributed by atoms with Gasteiger partial charge in [0, 0.05) is 18.5 Å². The van der Waals surface area contributed by atoms with Gasteiger partial charge in [-0.1, -0.05) is 12.2 Å². The standard InChI is InChI=1S/C9H11N3O2S/c1-5(8(10)15)12-9(14)6-4-11-3-2-7(6)13/h2-5H,1H3,(H2,10,15)(H,11,13)(H,12,14). The van der Waals surface area contributed by atoms with Crippen LogP contribution in [0.3, 0.4) is 0 Å². The van der Waals surface area contributed by atoms with Crippen LogP contribution < -0.4 is 16.5 Å². The second-order valence-electron chi connectivity index (χ2n) is 3.02. The molecule has 0 saturated heterocycles. The highest BCUT2D eigenvalue weighted by atomic mass is 32.1. The van der Waals surface area contributed by atoms with Crippen molar-refractivity contribution >= 4 is 23.1 Å². The van der Waals surface area contributed by atoms with E-state index < -0.39 is 11.9 Å². The van der Waals surface area contributed by atoms with Crippen molar-refractivity contribution in [2.45, 2.75) is 13.0 Å². The fourth-order valence-corrected chi connectivity index (χ4v) is 0.998. The summed E-state index contributed by atoms with van der Waals surface area (Å²) in [5.41, 5.74) is 5.03. The van der Waals surface area contributed by atoms with Crippen molar-refractivity contribution in [2.24, 2.45) is 5.73 Å². The van der Waals surface area contributed by atoms with Crippen LogP contribution in [0.5, 0.6) is 0 Å². The summed E-state index contributed by atoms with van der Waals surface area (Å²) < 4.78 is 0. The lowest BCUT2D eigenvalue weighted by Crippen LogP contribution is -2.42. The summed E-state index contributed by atoms with van der Waals surface area (Å²) in [6.07, 6.45) is 2.79. The van der Waals surface area contributed by atoms with Crippen LogP contribution in [0.15, 0.2) is 23.3 Å². The normalized spacial score (nSPS) is 11.8. The minimum atomic E-state index is -0.489. The first-order chi connectivity index (χ1) is 7.02. The number of nitrogens with one attached hydrogen (secondary N) is 2. The third-order valence-electron chi connectivity index (χ3n) is 1.84. The van der Waals surface area contributed by atoms with Gasteiger partial charge in [-0.15, -0.1) is 0 Å². The zero-order valence-electron chi connectivity index (χ0n) is 8.11. The van der Waals surface area contributed by atoms with E-state index in [1.807, 2.05) is 0 Å². The zero-order chi connectivity index (χ0) is 11.4. The Morgan fingerprint density at radius 2 is 2.33 bits per heavy atom. The van der Waals surface area contributed by atoms with Gasteiger partial charge in [0.15, 0.2) is 5.43 Å². The van der Waals surface area contributed by atoms with Crippen LogP contribution in [0.4, 0.5) is 0 Å². The van der Waals surface area contributed by atoms with Gasteiger partial charge in [-0.2, -0.15) is 0 Å². The Balaban J connectivity index is 2.83. The van der Waals surface area contributed by atoms with Crippen LogP contribution in [-0.4, -0.2) is 21.9 Å². The largest absolute Gasteiger partial charge is 0.392 e. The van der Waals surface area contributed by atoms with E-state index in [1.54, 1.807) is 6.92 Å². The molecule has 0 bridgehead atoms. The van der Waals surface area contributed by atoms with Gasteiger partial charge in [-0.05, 0) is 6.92 Å². The quantitative estimate of drug-likeness (QED) is 0.620. The minimum Gasteiger partial charge on any atom is -0.392 e. The van der Waals surface area contributed by atoms with Crippen LogP contribution in [0.1, 0.15) is 17.3 Å². The van der Waals surface area contributed by atoms with Crippen molar-refractivity contribution in [3.8, 4) is 0 Å². The van der Waals surface area contributed by atoms with Gasteiger partial charge in [0.1, 0.15) is 5.56 Å². The smallest absolute Gasteiger partial charge is 0.257 e. The van der Waals surface area contributed by atoms with Crippen molar-refractivity contribution in [2.75, 3.05) is 0 Å². The molecule has 0 aliphatic rings. The van der Waals surface area contributed by atoms with E-state index in [2.05, 4.69) is 10.3 Å². The molecule has 6 heteroatoms. The van der Waals surface area contributed by atoms with E-state index >= 15 is 0 Å². The third kappa shape index (κ3) is 2.88. The molecule has 80 valence electrons. The number of aromatic amines is 1. The monoisotopic (exact) mass is 225 g/mol. The Kier molecular flexibility index (Phi) is 3.56. The average molecular weight is 225 g/mol. The molecule has 1 aromatic rings. The number of hydrogen-bond acceptors (Lipinski definition) is 3. The van der Waals surface area contributed by atoms with E-state index in [4.69, 9.17) is 18.0 Å². The third-order valence-corrected chi connectivity index (χ3v) is 2.20. The topological polar surface area (TPSA) is 88.0 Å². The van der Waals surface area contributed by atoms with Crippen molar-refractivity contribution in [3.05, 3.63) is 34.2 Å². The molecule has 1 heterocycles. The van der Waals surface area contributed by atoms with Crippen LogP contribution in [0.25, 0.3) is 0 Å². The molecule has 1 amide bonds. The van der Waals surface area contributed by atoms with Gasteiger partial charge in [0.25, 0.3) is 5.91 Å². The molecule has 0 spiro atoms. The van der Waals surface area contributed by atoms with E-state index in [9.17, 15) is 9.59 Å². The van der Waals surface area contributed by atoms with Gasteiger partial charge in [0.05, 0.1) is 11.0 Å². The van der Waals surface area contributed by atoms with E-state index in [0.717, 1.165) is 0 Å². The van der Waals surface area contributed by atoms with Gasteiger partial charge >= 0.3 is 0 Å². The summed E-state index contributed by atoms with van der Waals surface area (Å²) in [7, 11) is 0. The number of H-pyrrole nitrogens is 1. The summed E-state index contributed by atoms with van der Waals surface area (Å²) in [4.78, 5) is 25.6. The predicted octanol–water partition coefficient (Wildman–Crippen LogP) is -0.221. The predicted molar refractivity (Wildman–Crippen MR) is 60.8 cm³/mol. The molecule has 1 rings (SSSR count). The molecule has 0 radical (unpaired) electrons. The van der Waals surface area contributed by atoms with Crippen molar-refractivity contribution in [3.63, 3.8) is 0 Å². The lowest BCUT2D eigenvalue weighted by Gasteiger charge is -2.11. The van der Waals surface area contributed by atoms with Crippen molar-refractivity contribution in [1.29, 1.82) is 0 Å². The molecule has 1 unspecified atom stereocenters. The Hall–Kier alpha value is -1.69. The van der Waals surface area contributed by atoms with Crippen LogP contribution in [0.2, 0.25) is 0 Å². The van der Waals surface area contributed by atoms with E-state index in [0.29, 0.717) is 0 Å². The highest BCUT2D eigenvalue weighted by Gasteiger charge is 2.13. The first-order valence-corrected chi connectivity index (χ1v) is 4.70. The second-order valence-corrected chi connectivity index (χ2v) is 3.49. The average Bonchev–Trinajstić information content (AvgIpc) is 2.18. The number of hydrogen-bond donors (Lipinski definition) is 3. The number of nitrogens with two attached hydrogens (primary N) is 1. The molecule has 0 aromatic carbocycles. The van der Waals surface area contributed by atoms with Crippen molar-refractivity contribution in [1.82, 2.24) is 10.3 Å². The maximum Gasteiger partial charge on any atom is 0.257 e. The lowest BCUT2D eigenvalue weighted by atomic mass is 10.2. The maximum atomic E-state index is 11.5. The Bertz CT molecular complexity index is 441. The number of rotatable bonds is 3. The van der Waals surface area contributed by atoms with E-state index in [1.165, 1.54) is 18.5 Å². The van der Waals surface area contributed by atoms with Crippen LogP contribution >= 0.6 is 12.2 Å². The molecule has 0 saturated carbocycles. The Morgan fingerprint density at radius 3 is 2.87 bits per heavy atom. The molecule has 1 aromatic heterocycles. The molecule has 4 N–H and O–H groups in total. The molecule has 0 fully saturated rings. The minimum absolute atomic E-state index is 0.0422. The summed E-state index contributed by atoms with van der Waals surface area (Å²) >= 11 is 4.70. The summed E-state index contributed by atoms with van der Waals surface area (Å²) in [5.74, 6) is -0.489. The molecule has 0 aliphatic heterocycles. The number of pyridine rings is 1. The highest BCUT2D eigenvalue weighted by Crippen LogP contribution is 1.90. The lowest BCUT2D eigenvalue weighted by molar-refractivity contribution is 0.0948.